The number of nitrogens with two attached hydrogens (primary N) is 1. The van der Waals surface area contributed by atoms with E-state index in [9.17, 15) is 8.42 Å². The maximum absolute atomic E-state index is 11.6. The Balaban J connectivity index is 1.56. The average Bonchev–Trinajstić information content (AvgIpc) is 3.10. The van der Waals surface area contributed by atoms with Crippen LogP contribution in [0.3, 0.4) is 0 Å². The van der Waals surface area contributed by atoms with Crippen molar-refractivity contribution in [1.82, 2.24) is 0 Å². The summed E-state index contributed by atoms with van der Waals surface area (Å²) in [7, 11) is -2.80. The third-order valence-electron chi connectivity index (χ3n) is 5.66. The Hall–Kier alpha value is -0.130. The van der Waals surface area contributed by atoms with Gasteiger partial charge in [0, 0.05) is 0 Å². The fourth-order valence-electron chi connectivity index (χ4n) is 4.46. The van der Waals surface area contributed by atoms with Crippen molar-refractivity contribution in [2.75, 3.05) is 18.1 Å². The van der Waals surface area contributed by atoms with Gasteiger partial charge in [-0.3, -0.25) is 0 Å². The van der Waals surface area contributed by atoms with E-state index < -0.39 is 9.84 Å². The second-order valence-electron chi connectivity index (χ2n) is 7.06. The zero-order valence-corrected chi connectivity index (χ0v) is 13.0. The molecule has 3 unspecified atom stereocenters. The molecule has 0 aromatic heterocycles. The van der Waals surface area contributed by atoms with E-state index in [0.29, 0.717) is 30.1 Å². The summed E-state index contributed by atoms with van der Waals surface area (Å²) in [6.07, 6.45) is 9.42. The van der Waals surface area contributed by atoms with E-state index in [0.717, 1.165) is 19.3 Å². The molecular formula is C15H27NO3S. The second-order valence-corrected chi connectivity index (χ2v) is 9.29. The third-order valence-corrected chi connectivity index (χ3v) is 7.45. The fraction of sp³-hybridized carbons (Fsp3) is 1.00. The van der Waals surface area contributed by atoms with Gasteiger partial charge in [-0.2, -0.15) is 0 Å². The van der Waals surface area contributed by atoms with Gasteiger partial charge in [0.05, 0.1) is 23.2 Å². The molecule has 2 aliphatic heterocycles. The molecule has 2 saturated heterocycles. The van der Waals surface area contributed by atoms with Crippen LogP contribution in [0.2, 0.25) is 0 Å². The number of rotatable bonds is 4. The molecular weight excluding hydrogens is 274 g/mol. The summed E-state index contributed by atoms with van der Waals surface area (Å²) in [5.74, 6) is 1.26. The van der Waals surface area contributed by atoms with Crippen LogP contribution >= 0.6 is 0 Å². The van der Waals surface area contributed by atoms with Gasteiger partial charge in [0.2, 0.25) is 0 Å². The SMILES string of the molecule is NCC(CC1CCC2(CCCC2)O1)C1CCS(=O)(=O)C1. The monoisotopic (exact) mass is 301 g/mol. The van der Waals surface area contributed by atoms with Crippen molar-refractivity contribution in [3.8, 4) is 0 Å². The normalized spacial score (nSPS) is 36.6. The van der Waals surface area contributed by atoms with Crippen molar-refractivity contribution in [3.05, 3.63) is 0 Å². The van der Waals surface area contributed by atoms with Crippen molar-refractivity contribution in [1.29, 1.82) is 0 Å². The Bertz CT molecular complexity index is 442. The van der Waals surface area contributed by atoms with Crippen molar-refractivity contribution in [2.24, 2.45) is 17.6 Å². The quantitative estimate of drug-likeness (QED) is 0.861. The standard InChI is InChI=1S/C15H27NO3S/c16-10-13(12-4-8-20(17,18)11-12)9-14-3-7-15(19-14)5-1-2-6-15/h12-14H,1-11,16H2. The molecule has 3 aliphatic rings. The maximum atomic E-state index is 11.6. The summed E-state index contributed by atoms with van der Waals surface area (Å²) in [4.78, 5) is 0. The highest BCUT2D eigenvalue weighted by Gasteiger charge is 2.43. The number of sulfone groups is 1. The van der Waals surface area contributed by atoms with E-state index in [1.54, 1.807) is 0 Å². The van der Waals surface area contributed by atoms with Crippen LogP contribution in [0, 0.1) is 11.8 Å². The molecule has 116 valence electrons. The zero-order chi connectivity index (χ0) is 14.2. The number of hydrogen-bond donors (Lipinski definition) is 1. The van der Waals surface area contributed by atoms with E-state index in [2.05, 4.69) is 0 Å². The zero-order valence-electron chi connectivity index (χ0n) is 12.2. The van der Waals surface area contributed by atoms with Gasteiger partial charge in [-0.1, -0.05) is 12.8 Å². The molecule has 1 spiro atoms. The molecule has 0 bridgehead atoms. The molecule has 20 heavy (non-hydrogen) atoms. The molecule has 2 heterocycles. The lowest BCUT2D eigenvalue weighted by Crippen LogP contribution is -2.30. The smallest absolute Gasteiger partial charge is 0.150 e. The van der Waals surface area contributed by atoms with E-state index >= 15 is 0 Å². The lowest BCUT2D eigenvalue weighted by molar-refractivity contribution is -0.0460. The Kier molecular flexibility index (Phi) is 4.13. The van der Waals surface area contributed by atoms with Crippen LogP contribution in [0.15, 0.2) is 0 Å². The van der Waals surface area contributed by atoms with Crippen molar-refractivity contribution < 1.29 is 13.2 Å². The predicted molar refractivity (Wildman–Crippen MR) is 79.2 cm³/mol. The Labute approximate surface area is 122 Å². The van der Waals surface area contributed by atoms with Crippen LogP contribution in [0.25, 0.3) is 0 Å². The van der Waals surface area contributed by atoms with Crippen LogP contribution < -0.4 is 5.73 Å². The van der Waals surface area contributed by atoms with Gasteiger partial charge >= 0.3 is 0 Å². The second kappa shape index (κ2) is 5.58. The molecule has 3 fully saturated rings. The molecule has 3 atom stereocenters. The average molecular weight is 301 g/mol. The van der Waals surface area contributed by atoms with E-state index in [-0.39, 0.29) is 11.5 Å². The first-order valence-electron chi connectivity index (χ1n) is 8.10. The molecule has 5 heteroatoms. The molecule has 0 aromatic rings. The molecule has 1 aliphatic carbocycles. The highest BCUT2D eigenvalue weighted by Crippen LogP contribution is 2.45. The maximum Gasteiger partial charge on any atom is 0.150 e. The van der Waals surface area contributed by atoms with Gasteiger partial charge in [-0.25, -0.2) is 8.42 Å². The van der Waals surface area contributed by atoms with Crippen molar-refractivity contribution in [3.63, 3.8) is 0 Å². The molecule has 4 nitrogen and oxygen atoms in total. The lowest BCUT2D eigenvalue weighted by Gasteiger charge is -2.27. The molecule has 2 N–H and O–H groups in total. The summed E-state index contributed by atoms with van der Waals surface area (Å²) < 4.78 is 29.6. The Morgan fingerprint density at radius 3 is 2.55 bits per heavy atom. The first-order chi connectivity index (χ1) is 9.52. The predicted octanol–water partition coefficient (Wildman–Crippen LogP) is 1.88. The highest BCUT2D eigenvalue weighted by molar-refractivity contribution is 7.91. The summed E-state index contributed by atoms with van der Waals surface area (Å²) >= 11 is 0. The first-order valence-corrected chi connectivity index (χ1v) is 9.92. The van der Waals surface area contributed by atoms with Crippen LogP contribution in [0.4, 0.5) is 0 Å². The lowest BCUT2D eigenvalue weighted by atomic mass is 9.86. The molecule has 0 amide bonds. The molecule has 0 radical (unpaired) electrons. The van der Waals surface area contributed by atoms with Crippen molar-refractivity contribution in [2.45, 2.75) is 63.1 Å². The van der Waals surface area contributed by atoms with E-state index in [1.165, 1.54) is 32.1 Å². The van der Waals surface area contributed by atoms with Crippen molar-refractivity contribution >= 4 is 9.84 Å². The summed E-state index contributed by atoms with van der Waals surface area (Å²) in [5, 5.41) is 0. The largest absolute Gasteiger partial charge is 0.372 e. The van der Waals surface area contributed by atoms with Crippen LogP contribution in [-0.2, 0) is 14.6 Å². The van der Waals surface area contributed by atoms with Gasteiger partial charge in [-0.05, 0) is 56.9 Å². The van der Waals surface area contributed by atoms with E-state index in [1.807, 2.05) is 0 Å². The minimum Gasteiger partial charge on any atom is -0.372 e. The Morgan fingerprint density at radius 1 is 1.20 bits per heavy atom. The number of ether oxygens (including phenoxy) is 1. The third kappa shape index (κ3) is 3.04. The highest BCUT2D eigenvalue weighted by atomic mass is 32.2. The van der Waals surface area contributed by atoms with Gasteiger partial charge < -0.3 is 10.5 Å². The van der Waals surface area contributed by atoms with Crippen LogP contribution in [0.5, 0.6) is 0 Å². The van der Waals surface area contributed by atoms with Gasteiger partial charge in [-0.15, -0.1) is 0 Å². The van der Waals surface area contributed by atoms with Gasteiger partial charge in [0.1, 0.15) is 0 Å². The topological polar surface area (TPSA) is 69.4 Å². The van der Waals surface area contributed by atoms with Gasteiger partial charge in [0.15, 0.2) is 9.84 Å². The molecule has 1 saturated carbocycles. The minimum atomic E-state index is -2.80. The fourth-order valence-corrected chi connectivity index (χ4v) is 6.38. The summed E-state index contributed by atoms with van der Waals surface area (Å²) in [6.45, 7) is 0.590. The minimum absolute atomic E-state index is 0.172. The van der Waals surface area contributed by atoms with E-state index in [4.69, 9.17) is 10.5 Å². The summed E-state index contributed by atoms with van der Waals surface area (Å²) in [5.41, 5.74) is 6.09. The summed E-state index contributed by atoms with van der Waals surface area (Å²) in [6, 6.07) is 0. The van der Waals surface area contributed by atoms with Gasteiger partial charge in [0.25, 0.3) is 0 Å². The first kappa shape index (κ1) is 14.8. The molecule has 3 rings (SSSR count). The molecule has 0 aromatic carbocycles. The Morgan fingerprint density at radius 2 is 1.95 bits per heavy atom. The van der Waals surface area contributed by atoms with Crippen LogP contribution in [0.1, 0.15) is 51.4 Å². The number of hydrogen-bond acceptors (Lipinski definition) is 4. The van der Waals surface area contributed by atoms with Crippen LogP contribution in [-0.4, -0.2) is 38.2 Å².